The lowest BCUT2D eigenvalue weighted by Gasteiger charge is -2.30. The zero-order valence-electron chi connectivity index (χ0n) is 16.1. The number of carbonyl (C=O) groups excluding carboxylic acids is 1. The number of fused-ring (bicyclic) bond motifs is 1. The molecule has 0 fully saturated rings. The van der Waals surface area contributed by atoms with E-state index in [0.717, 1.165) is 42.3 Å². The lowest BCUT2D eigenvalue weighted by molar-refractivity contribution is 0.102. The van der Waals surface area contributed by atoms with Gasteiger partial charge in [0.2, 0.25) is 0 Å². The largest absolute Gasteiger partial charge is 0.378 e. The van der Waals surface area contributed by atoms with Gasteiger partial charge in [-0.15, -0.1) is 0 Å². The molecule has 1 aromatic heterocycles. The summed E-state index contributed by atoms with van der Waals surface area (Å²) in [6.45, 7) is 0.876. The molecule has 3 aromatic rings. The van der Waals surface area contributed by atoms with E-state index >= 15 is 0 Å². The molecule has 1 N–H and O–H groups in total. The Hall–Kier alpha value is -3.41. The minimum absolute atomic E-state index is 0.244. The molecule has 0 aliphatic carbocycles. The second kappa shape index (κ2) is 7.68. The van der Waals surface area contributed by atoms with Crippen LogP contribution >= 0.6 is 0 Å². The first-order valence-electron chi connectivity index (χ1n) is 9.38. The second-order valence-electron chi connectivity index (χ2n) is 7.04. The molecule has 0 saturated heterocycles. The summed E-state index contributed by atoms with van der Waals surface area (Å²) in [5, 5.41) is 2.91. The van der Waals surface area contributed by atoms with Crippen LogP contribution in [0.1, 0.15) is 22.5 Å². The number of nitrogens with zero attached hydrogens (tertiary/aromatic N) is 4. The topological polar surface area (TPSA) is 61.4 Å². The van der Waals surface area contributed by atoms with Crippen molar-refractivity contribution < 1.29 is 4.79 Å². The summed E-state index contributed by atoms with van der Waals surface area (Å²) in [5.74, 6) is 0.502. The van der Waals surface area contributed by atoms with Crippen LogP contribution in [0.25, 0.3) is 0 Å². The lowest BCUT2D eigenvalue weighted by Crippen LogP contribution is -2.26. The van der Waals surface area contributed by atoms with Gasteiger partial charge in [-0.3, -0.25) is 4.79 Å². The zero-order valence-corrected chi connectivity index (χ0v) is 16.1. The highest BCUT2D eigenvalue weighted by molar-refractivity contribution is 6.03. The molecule has 0 spiro atoms. The number of benzene rings is 2. The van der Waals surface area contributed by atoms with Gasteiger partial charge in [0.1, 0.15) is 17.8 Å². The van der Waals surface area contributed by atoms with Crippen LogP contribution in [0.15, 0.2) is 60.9 Å². The van der Waals surface area contributed by atoms with E-state index in [1.54, 1.807) is 6.07 Å². The number of hydrogen-bond donors (Lipinski definition) is 1. The first-order chi connectivity index (χ1) is 13.6. The Labute approximate surface area is 164 Å². The molecule has 142 valence electrons. The van der Waals surface area contributed by atoms with Crippen molar-refractivity contribution in [2.24, 2.45) is 0 Å². The van der Waals surface area contributed by atoms with E-state index in [1.165, 1.54) is 11.9 Å². The van der Waals surface area contributed by atoms with Crippen molar-refractivity contribution in [1.29, 1.82) is 0 Å². The van der Waals surface area contributed by atoms with E-state index in [9.17, 15) is 4.79 Å². The molecule has 0 atom stereocenters. The predicted molar refractivity (Wildman–Crippen MR) is 113 cm³/mol. The fraction of sp³-hybridized carbons (Fsp3) is 0.227. The summed E-state index contributed by atoms with van der Waals surface area (Å²) in [7, 11) is 3.96. The third kappa shape index (κ3) is 3.67. The molecule has 6 heteroatoms. The third-order valence-corrected chi connectivity index (χ3v) is 4.91. The van der Waals surface area contributed by atoms with Gasteiger partial charge in [0.15, 0.2) is 0 Å². The number of para-hydroxylation sites is 1. The fourth-order valence-corrected chi connectivity index (χ4v) is 3.43. The molecule has 1 aliphatic heterocycles. The van der Waals surface area contributed by atoms with Crippen LogP contribution in [0.4, 0.5) is 22.9 Å². The minimum atomic E-state index is -0.244. The van der Waals surface area contributed by atoms with Crippen LogP contribution in [0.5, 0.6) is 0 Å². The molecule has 2 heterocycles. The first-order valence-corrected chi connectivity index (χ1v) is 9.38. The van der Waals surface area contributed by atoms with E-state index < -0.39 is 0 Å². The number of aryl methyl sites for hydroxylation is 1. The highest BCUT2D eigenvalue weighted by Gasteiger charge is 2.20. The Morgan fingerprint density at radius 3 is 2.64 bits per heavy atom. The minimum Gasteiger partial charge on any atom is -0.378 e. The van der Waals surface area contributed by atoms with Gasteiger partial charge in [-0.2, -0.15) is 0 Å². The van der Waals surface area contributed by atoms with E-state index in [1.807, 2.05) is 49.3 Å². The number of rotatable bonds is 4. The summed E-state index contributed by atoms with van der Waals surface area (Å²) < 4.78 is 0. The van der Waals surface area contributed by atoms with Crippen LogP contribution < -0.4 is 15.1 Å². The van der Waals surface area contributed by atoms with Crippen LogP contribution in [0.2, 0.25) is 0 Å². The predicted octanol–water partition coefficient (Wildman–Crippen LogP) is 3.88. The lowest BCUT2D eigenvalue weighted by atomic mass is 10.0. The summed E-state index contributed by atoms with van der Waals surface area (Å²) in [4.78, 5) is 25.4. The van der Waals surface area contributed by atoms with Crippen molar-refractivity contribution in [2.45, 2.75) is 12.8 Å². The monoisotopic (exact) mass is 373 g/mol. The molecule has 0 saturated carbocycles. The Morgan fingerprint density at radius 2 is 1.86 bits per heavy atom. The average Bonchev–Trinajstić information content (AvgIpc) is 2.74. The SMILES string of the molecule is CN(C)c1ccc(NC(=O)c2cc(N3CCCc4ccccc43)ncn2)cc1. The quantitative estimate of drug-likeness (QED) is 0.752. The highest BCUT2D eigenvalue weighted by Crippen LogP contribution is 2.32. The highest BCUT2D eigenvalue weighted by atomic mass is 16.1. The van der Waals surface area contributed by atoms with Crippen LogP contribution in [-0.2, 0) is 6.42 Å². The van der Waals surface area contributed by atoms with Crippen molar-refractivity contribution in [3.8, 4) is 0 Å². The van der Waals surface area contributed by atoms with Crippen LogP contribution in [-0.4, -0.2) is 36.5 Å². The Morgan fingerprint density at radius 1 is 1.07 bits per heavy atom. The first kappa shape index (κ1) is 18.0. The molecule has 1 amide bonds. The smallest absolute Gasteiger partial charge is 0.274 e. The number of anilines is 4. The molecular formula is C22H23N5O. The van der Waals surface area contributed by atoms with Gasteiger partial charge in [0.25, 0.3) is 5.91 Å². The van der Waals surface area contributed by atoms with Gasteiger partial charge in [-0.05, 0) is 48.7 Å². The molecule has 0 bridgehead atoms. The Balaban J connectivity index is 1.55. The molecule has 0 radical (unpaired) electrons. The number of nitrogens with one attached hydrogen (secondary N) is 1. The molecule has 1 aliphatic rings. The zero-order chi connectivity index (χ0) is 19.5. The van der Waals surface area contributed by atoms with E-state index in [-0.39, 0.29) is 5.91 Å². The maximum absolute atomic E-state index is 12.7. The molecule has 2 aromatic carbocycles. The fourth-order valence-electron chi connectivity index (χ4n) is 3.43. The maximum Gasteiger partial charge on any atom is 0.274 e. The molecule has 4 rings (SSSR count). The molecular weight excluding hydrogens is 350 g/mol. The Bertz CT molecular complexity index is 984. The van der Waals surface area contributed by atoms with Crippen molar-refractivity contribution in [2.75, 3.05) is 35.8 Å². The summed E-state index contributed by atoms with van der Waals surface area (Å²) in [6.07, 6.45) is 3.57. The van der Waals surface area contributed by atoms with Crippen molar-refractivity contribution in [3.05, 3.63) is 72.2 Å². The van der Waals surface area contributed by atoms with Gasteiger partial charge in [0, 0.05) is 43.8 Å². The summed E-state index contributed by atoms with van der Waals surface area (Å²) in [6, 6.07) is 17.8. The van der Waals surface area contributed by atoms with E-state index in [2.05, 4.69) is 38.4 Å². The average molecular weight is 373 g/mol. The van der Waals surface area contributed by atoms with Gasteiger partial charge in [0.05, 0.1) is 0 Å². The molecule has 28 heavy (non-hydrogen) atoms. The standard InChI is InChI=1S/C22H23N5O/c1-26(2)18-11-9-17(10-12-18)25-22(28)19-14-21(24-15-23-19)27-13-5-7-16-6-3-4-8-20(16)27/h3-4,6,8-12,14-15H,5,7,13H2,1-2H3,(H,25,28). The normalized spacial score (nSPS) is 13.0. The van der Waals surface area contributed by atoms with Crippen molar-refractivity contribution >= 4 is 28.8 Å². The van der Waals surface area contributed by atoms with Crippen LogP contribution in [0.3, 0.4) is 0 Å². The number of amides is 1. The summed E-state index contributed by atoms with van der Waals surface area (Å²) in [5.41, 5.74) is 4.62. The Kier molecular flexibility index (Phi) is 4.93. The van der Waals surface area contributed by atoms with Crippen molar-refractivity contribution in [3.63, 3.8) is 0 Å². The summed E-state index contributed by atoms with van der Waals surface area (Å²) >= 11 is 0. The van der Waals surface area contributed by atoms with Gasteiger partial charge in [-0.25, -0.2) is 9.97 Å². The molecule has 6 nitrogen and oxygen atoms in total. The number of aromatic nitrogens is 2. The van der Waals surface area contributed by atoms with Crippen LogP contribution in [0, 0.1) is 0 Å². The second-order valence-corrected chi connectivity index (χ2v) is 7.04. The van der Waals surface area contributed by atoms with Gasteiger partial charge < -0.3 is 15.1 Å². The van der Waals surface area contributed by atoms with Gasteiger partial charge in [-0.1, -0.05) is 18.2 Å². The third-order valence-electron chi connectivity index (χ3n) is 4.91. The van der Waals surface area contributed by atoms with E-state index in [0.29, 0.717) is 5.69 Å². The van der Waals surface area contributed by atoms with E-state index in [4.69, 9.17) is 0 Å². The number of hydrogen-bond acceptors (Lipinski definition) is 5. The maximum atomic E-state index is 12.7. The van der Waals surface area contributed by atoms with Crippen molar-refractivity contribution in [1.82, 2.24) is 9.97 Å². The number of carbonyl (C=O) groups is 1. The van der Waals surface area contributed by atoms with Gasteiger partial charge >= 0.3 is 0 Å². The molecule has 0 unspecified atom stereocenters.